The Kier molecular flexibility index (Phi) is 4.43. The Labute approximate surface area is 144 Å². The van der Waals surface area contributed by atoms with E-state index in [1.165, 1.54) is 4.52 Å². The van der Waals surface area contributed by atoms with Gasteiger partial charge in [-0.05, 0) is 13.8 Å². The van der Waals surface area contributed by atoms with Gasteiger partial charge in [0.25, 0.3) is 11.1 Å². The first-order valence-electron chi connectivity index (χ1n) is 8.00. The third kappa shape index (κ3) is 3.40. The van der Waals surface area contributed by atoms with Gasteiger partial charge in [-0.1, -0.05) is 51.1 Å². The van der Waals surface area contributed by atoms with Gasteiger partial charge in [0.2, 0.25) is 0 Å². The minimum absolute atomic E-state index is 0.340. The minimum Gasteiger partial charge on any atom is -0.266 e. The average molecular weight is 357 g/mol. The van der Waals surface area contributed by atoms with Crippen LogP contribution < -0.4 is 11.1 Å². The molecule has 0 aromatic carbocycles. The van der Waals surface area contributed by atoms with Crippen LogP contribution in [0.25, 0.3) is 0 Å². The van der Waals surface area contributed by atoms with Gasteiger partial charge in [0, 0.05) is 0 Å². The van der Waals surface area contributed by atoms with Crippen LogP contribution in [0.3, 0.4) is 0 Å². The van der Waals surface area contributed by atoms with Crippen molar-refractivity contribution < 1.29 is 0 Å². The molecule has 0 unspecified atom stereocenters. The van der Waals surface area contributed by atoms with Crippen LogP contribution in [0.2, 0.25) is 39.3 Å². The molecule has 4 nitrogen and oxygen atoms in total. The Morgan fingerprint density at radius 1 is 0.667 bits per heavy atom. The van der Waals surface area contributed by atoms with E-state index in [4.69, 9.17) is 0 Å². The second kappa shape index (κ2) is 5.80. The van der Waals surface area contributed by atoms with E-state index in [9.17, 15) is 9.59 Å². The van der Waals surface area contributed by atoms with Crippen molar-refractivity contribution in [3.63, 3.8) is 0 Å². The van der Waals surface area contributed by atoms with Crippen molar-refractivity contribution in [2.75, 3.05) is 0 Å². The summed E-state index contributed by atoms with van der Waals surface area (Å²) in [7, 11) is -3.20. The van der Waals surface area contributed by atoms with Gasteiger partial charge in [-0.3, -0.25) is 9.59 Å². The maximum absolute atomic E-state index is 12.7. The highest BCUT2D eigenvalue weighted by Gasteiger charge is 2.21. The molecule has 0 N–H and O–H groups in total. The monoisotopic (exact) mass is 356 g/mol. The Bertz CT molecular complexity index is 958. The fraction of sp³-hybridized carbons (Fsp3) is 0.444. The third-order valence-corrected chi connectivity index (χ3v) is 5.25. The van der Waals surface area contributed by atoms with E-state index < -0.39 is 16.1 Å². The van der Waals surface area contributed by atoms with Crippen LogP contribution >= 0.6 is 0 Å². The van der Waals surface area contributed by atoms with Crippen LogP contribution in [0.15, 0.2) is 9.59 Å². The Balaban J connectivity index is 2.79. The first kappa shape index (κ1) is 18.3. The fourth-order valence-electron chi connectivity index (χ4n) is 2.35. The molecule has 126 valence electrons. The molecule has 6 heteroatoms. The number of aromatic nitrogens is 2. The number of aryl methyl sites for hydroxylation is 2. The second-order valence-electron chi connectivity index (χ2n) is 8.15. The van der Waals surface area contributed by atoms with Crippen molar-refractivity contribution in [1.29, 1.82) is 0 Å². The maximum Gasteiger partial charge on any atom is 0.290 e. The first-order chi connectivity index (χ1) is 10.8. The summed E-state index contributed by atoms with van der Waals surface area (Å²) in [6.45, 7) is 16.4. The van der Waals surface area contributed by atoms with Crippen molar-refractivity contribution in [3.8, 4) is 22.9 Å². The highest BCUT2D eigenvalue weighted by Crippen LogP contribution is 2.10. The van der Waals surface area contributed by atoms with Gasteiger partial charge < -0.3 is 0 Å². The number of rotatable bonds is 0. The summed E-state index contributed by atoms with van der Waals surface area (Å²) in [4.78, 5) is 25.3. The standard InChI is InChI=1S/C18H24N2O2Si2/c1-13-15(9-11-23(3,4)5)17(21)20-18(22)16(14(2)19(13)20)10-12-24(6,7)8/h1-8H3. The molecule has 0 fully saturated rings. The lowest BCUT2D eigenvalue weighted by atomic mass is 10.2. The molecule has 2 aromatic rings. The molecule has 0 radical (unpaired) electrons. The van der Waals surface area contributed by atoms with Gasteiger partial charge in [-0.15, -0.1) is 11.1 Å². The second-order valence-corrected chi connectivity index (χ2v) is 17.7. The van der Waals surface area contributed by atoms with E-state index in [1.54, 1.807) is 4.52 Å². The summed E-state index contributed by atoms with van der Waals surface area (Å²) in [5.41, 5.74) is 7.99. The Morgan fingerprint density at radius 3 is 1.25 bits per heavy atom. The van der Waals surface area contributed by atoms with Gasteiger partial charge in [-0.2, -0.15) is 4.52 Å². The average Bonchev–Trinajstić information content (AvgIpc) is 2.79. The van der Waals surface area contributed by atoms with Gasteiger partial charge >= 0.3 is 0 Å². The predicted octanol–water partition coefficient (Wildman–Crippen LogP) is 2.27. The summed E-state index contributed by atoms with van der Waals surface area (Å²) >= 11 is 0. The Morgan fingerprint density at radius 2 is 1.00 bits per heavy atom. The van der Waals surface area contributed by atoms with Crippen LogP contribution in [0, 0.1) is 36.8 Å². The van der Waals surface area contributed by atoms with Crippen LogP contribution in [-0.2, 0) is 0 Å². The molecule has 0 saturated heterocycles. The molecule has 0 spiro atoms. The van der Waals surface area contributed by atoms with E-state index in [0.717, 1.165) is 0 Å². The van der Waals surface area contributed by atoms with Crippen LogP contribution in [0.1, 0.15) is 22.5 Å². The fourth-order valence-corrected chi connectivity index (χ4v) is 3.35. The predicted molar refractivity (Wildman–Crippen MR) is 104 cm³/mol. The lowest BCUT2D eigenvalue weighted by Crippen LogP contribution is -2.24. The molecule has 0 atom stereocenters. The van der Waals surface area contributed by atoms with E-state index in [-0.39, 0.29) is 11.1 Å². The number of fused-ring (bicyclic) bond motifs is 1. The highest BCUT2D eigenvalue weighted by molar-refractivity contribution is 6.84. The zero-order chi connectivity index (χ0) is 18.4. The molecule has 0 aliphatic heterocycles. The molecule has 2 rings (SSSR count). The molecule has 0 aliphatic rings. The molecule has 24 heavy (non-hydrogen) atoms. The molecule has 2 aromatic heterocycles. The SMILES string of the molecule is Cc1c(C#C[Si](C)(C)C)c(=O)n2c(=O)c(C#C[Si](C)(C)C)c(C)n12. The molecular formula is C18H24N2O2Si2. The van der Waals surface area contributed by atoms with Crippen molar-refractivity contribution in [2.24, 2.45) is 0 Å². The maximum atomic E-state index is 12.7. The smallest absolute Gasteiger partial charge is 0.266 e. The molecule has 0 aliphatic carbocycles. The molecule has 2 heterocycles. The van der Waals surface area contributed by atoms with Crippen molar-refractivity contribution in [3.05, 3.63) is 43.2 Å². The summed E-state index contributed by atoms with van der Waals surface area (Å²) in [5.74, 6) is 6.03. The lowest BCUT2D eigenvalue weighted by Gasteiger charge is -2.03. The van der Waals surface area contributed by atoms with Crippen LogP contribution in [-0.4, -0.2) is 25.2 Å². The summed E-state index contributed by atoms with van der Waals surface area (Å²) in [5, 5.41) is 0. The summed E-state index contributed by atoms with van der Waals surface area (Å²) in [6, 6.07) is 0. The number of nitrogens with zero attached hydrogens (tertiary/aromatic N) is 2. The van der Waals surface area contributed by atoms with E-state index >= 15 is 0 Å². The highest BCUT2D eigenvalue weighted by atomic mass is 28.3. The minimum atomic E-state index is -1.60. The summed E-state index contributed by atoms with van der Waals surface area (Å²) < 4.78 is 2.83. The van der Waals surface area contributed by atoms with Crippen molar-refractivity contribution in [1.82, 2.24) is 9.03 Å². The normalized spacial score (nSPS) is 11.8. The molecule has 0 bridgehead atoms. The van der Waals surface area contributed by atoms with Crippen molar-refractivity contribution in [2.45, 2.75) is 53.1 Å². The summed E-state index contributed by atoms with van der Waals surface area (Å²) in [6.07, 6.45) is 0. The first-order valence-corrected chi connectivity index (χ1v) is 15.0. The lowest BCUT2D eigenvalue weighted by molar-refractivity contribution is 0.768. The largest absolute Gasteiger partial charge is 0.290 e. The van der Waals surface area contributed by atoms with E-state index in [0.29, 0.717) is 22.5 Å². The van der Waals surface area contributed by atoms with E-state index in [2.05, 4.69) is 62.2 Å². The zero-order valence-electron chi connectivity index (χ0n) is 15.7. The topological polar surface area (TPSA) is 43.0 Å². The van der Waals surface area contributed by atoms with Gasteiger partial charge in [-0.25, -0.2) is 4.52 Å². The zero-order valence-corrected chi connectivity index (χ0v) is 17.7. The number of hydrogen-bond donors (Lipinski definition) is 0. The van der Waals surface area contributed by atoms with Crippen LogP contribution in [0.5, 0.6) is 0 Å². The van der Waals surface area contributed by atoms with Gasteiger partial charge in [0.1, 0.15) is 27.3 Å². The molecular weight excluding hydrogens is 332 g/mol. The third-order valence-electron chi connectivity index (χ3n) is 3.50. The molecule has 0 saturated carbocycles. The van der Waals surface area contributed by atoms with Crippen LogP contribution in [0.4, 0.5) is 0 Å². The van der Waals surface area contributed by atoms with Gasteiger partial charge in [0.05, 0.1) is 11.4 Å². The number of hydrogen-bond acceptors (Lipinski definition) is 2. The quantitative estimate of drug-likeness (QED) is 0.537. The van der Waals surface area contributed by atoms with Gasteiger partial charge in [0.15, 0.2) is 0 Å². The molecule has 0 amide bonds. The van der Waals surface area contributed by atoms with E-state index in [1.807, 2.05) is 13.8 Å². The van der Waals surface area contributed by atoms with Crippen molar-refractivity contribution >= 4 is 16.1 Å². The Hall–Kier alpha value is -2.03.